The predicted molar refractivity (Wildman–Crippen MR) is 79.2 cm³/mol. The monoisotopic (exact) mass is 333 g/mol. The summed E-state index contributed by atoms with van der Waals surface area (Å²) in [6, 6.07) is 9.32. The van der Waals surface area contributed by atoms with Crippen molar-refractivity contribution < 1.29 is 5.11 Å². The van der Waals surface area contributed by atoms with E-state index >= 15 is 0 Å². The lowest BCUT2D eigenvalue weighted by molar-refractivity contribution is 0.427. The van der Waals surface area contributed by atoms with E-state index in [1.54, 1.807) is 13.0 Å². The van der Waals surface area contributed by atoms with Crippen molar-refractivity contribution in [2.75, 3.05) is 0 Å². The fraction of sp³-hybridized carbons (Fsp3) is 0.143. The summed E-state index contributed by atoms with van der Waals surface area (Å²) in [6.07, 6.45) is 0.350. The Morgan fingerprint density at radius 3 is 2.75 bits per heavy atom. The van der Waals surface area contributed by atoms with Crippen LogP contribution < -0.4 is 5.56 Å². The number of rotatable bonds is 2. The van der Waals surface area contributed by atoms with E-state index in [1.165, 1.54) is 4.52 Å². The zero-order valence-electron chi connectivity index (χ0n) is 10.7. The van der Waals surface area contributed by atoms with Crippen LogP contribution in [-0.2, 0) is 6.42 Å². The maximum Gasteiger partial charge on any atom is 0.258 e. The number of H-pyrrole nitrogens is 1. The number of fused-ring (bicyclic) bond motifs is 1. The zero-order valence-corrected chi connectivity index (χ0v) is 12.3. The largest absolute Gasteiger partial charge is 0.493 e. The summed E-state index contributed by atoms with van der Waals surface area (Å²) >= 11 is 3.36. The SMILES string of the molecule is Cc1cc2[nH]c(=O)c(Cc3ccc(Br)cc3)c(O)n2n1. The van der Waals surface area contributed by atoms with Crippen LogP contribution >= 0.6 is 15.9 Å². The molecule has 0 aliphatic carbocycles. The van der Waals surface area contributed by atoms with Gasteiger partial charge in [0.2, 0.25) is 5.88 Å². The second-order valence-electron chi connectivity index (χ2n) is 4.64. The fourth-order valence-corrected chi connectivity index (χ4v) is 2.40. The summed E-state index contributed by atoms with van der Waals surface area (Å²) in [6.45, 7) is 1.80. The van der Waals surface area contributed by atoms with Crippen LogP contribution in [0, 0.1) is 6.92 Å². The highest BCUT2D eigenvalue weighted by molar-refractivity contribution is 9.10. The van der Waals surface area contributed by atoms with Gasteiger partial charge in [-0.05, 0) is 24.6 Å². The number of benzene rings is 1. The minimum absolute atomic E-state index is 0.111. The van der Waals surface area contributed by atoms with E-state index in [1.807, 2.05) is 24.3 Å². The molecule has 0 atom stereocenters. The minimum atomic E-state index is -0.294. The Hall–Kier alpha value is -2.08. The van der Waals surface area contributed by atoms with E-state index in [0.29, 0.717) is 17.6 Å². The van der Waals surface area contributed by atoms with Crippen LogP contribution in [0.25, 0.3) is 5.65 Å². The van der Waals surface area contributed by atoms with Crippen molar-refractivity contribution in [2.24, 2.45) is 0 Å². The first kappa shape index (κ1) is 12.9. The summed E-state index contributed by atoms with van der Waals surface area (Å²) in [7, 11) is 0. The Balaban J connectivity index is 2.11. The van der Waals surface area contributed by atoms with Gasteiger partial charge in [-0.1, -0.05) is 28.1 Å². The van der Waals surface area contributed by atoms with Crippen molar-refractivity contribution >= 4 is 21.6 Å². The Morgan fingerprint density at radius 2 is 2.05 bits per heavy atom. The lowest BCUT2D eigenvalue weighted by Gasteiger charge is -2.06. The lowest BCUT2D eigenvalue weighted by Crippen LogP contribution is -2.16. The van der Waals surface area contributed by atoms with Gasteiger partial charge in [0, 0.05) is 17.0 Å². The molecule has 0 aliphatic rings. The zero-order chi connectivity index (χ0) is 14.3. The Kier molecular flexibility index (Phi) is 3.10. The predicted octanol–water partition coefficient (Wildman–Crippen LogP) is 2.39. The molecule has 0 fully saturated rings. The number of aromatic amines is 1. The highest BCUT2D eigenvalue weighted by Gasteiger charge is 2.13. The number of hydrogen-bond acceptors (Lipinski definition) is 3. The number of nitrogens with one attached hydrogen (secondary N) is 1. The van der Waals surface area contributed by atoms with Crippen LogP contribution in [0.1, 0.15) is 16.8 Å². The van der Waals surface area contributed by atoms with Gasteiger partial charge in [0.25, 0.3) is 5.56 Å². The first-order valence-electron chi connectivity index (χ1n) is 6.09. The molecule has 20 heavy (non-hydrogen) atoms. The van der Waals surface area contributed by atoms with Crippen LogP contribution in [0.2, 0.25) is 0 Å². The molecule has 0 unspecified atom stereocenters. The van der Waals surface area contributed by atoms with Gasteiger partial charge in [-0.25, -0.2) is 0 Å². The number of nitrogens with zero attached hydrogens (tertiary/aromatic N) is 2. The molecule has 3 aromatic rings. The van der Waals surface area contributed by atoms with Crippen molar-refractivity contribution in [1.82, 2.24) is 14.6 Å². The molecule has 3 rings (SSSR count). The Bertz CT molecular complexity index is 834. The summed E-state index contributed by atoms with van der Waals surface area (Å²) in [4.78, 5) is 14.8. The fourth-order valence-electron chi connectivity index (χ4n) is 2.14. The standard InChI is InChI=1S/C14H12BrN3O2/c1-8-6-12-16-13(19)11(14(20)18(12)17-8)7-9-2-4-10(15)5-3-9/h2-6,20H,7H2,1H3,(H,16,19). The molecule has 102 valence electrons. The van der Waals surface area contributed by atoms with Crippen molar-refractivity contribution in [3.63, 3.8) is 0 Å². The molecule has 1 aromatic carbocycles. The third-order valence-corrected chi connectivity index (χ3v) is 3.64. The van der Waals surface area contributed by atoms with Crippen LogP contribution in [0.3, 0.4) is 0 Å². The quantitative estimate of drug-likeness (QED) is 0.756. The van der Waals surface area contributed by atoms with E-state index in [9.17, 15) is 9.90 Å². The van der Waals surface area contributed by atoms with E-state index in [4.69, 9.17) is 0 Å². The number of halogens is 1. The summed E-state index contributed by atoms with van der Waals surface area (Å²) < 4.78 is 2.32. The number of aromatic nitrogens is 3. The molecular formula is C14H12BrN3O2. The lowest BCUT2D eigenvalue weighted by atomic mass is 10.1. The second kappa shape index (κ2) is 4.79. The van der Waals surface area contributed by atoms with Gasteiger partial charge in [0.15, 0.2) is 0 Å². The van der Waals surface area contributed by atoms with E-state index in [0.717, 1.165) is 15.7 Å². The van der Waals surface area contributed by atoms with E-state index < -0.39 is 0 Å². The topological polar surface area (TPSA) is 70.4 Å². The molecule has 2 N–H and O–H groups in total. The molecule has 0 saturated heterocycles. The normalized spacial score (nSPS) is 11.1. The summed E-state index contributed by atoms with van der Waals surface area (Å²) in [5, 5.41) is 14.4. The Morgan fingerprint density at radius 1 is 1.35 bits per heavy atom. The molecule has 0 bridgehead atoms. The van der Waals surface area contributed by atoms with Gasteiger partial charge in [0.1, 0.15) is 5.65 Å². The van der Waals surface area contributed by atoms with E-state index in [-0.39, 0.29) is 11.4 Å². The minimum Gasteiger partial charge on any atom is -0.493 e. The molecule has 0 saturated carbocycles. The molecule has 5 nitrogen and oxygen atoms in total. The van der Waals surface area contributed by atoms with Crippen molar-refractivity contribution in [3.8, 4) is 5.88 Å². The van der Waals surface area contributed by atoms with Crippen LogP contribution in [-0.4, -0.2) is 19.7 Å². The summed E-state index contributed by atoms with van der Waals surface area (Å²) in [5.74, 6) is -0.111. The van der Waals surface area contributed by atoms with E-state index in [2.05, 4.69) is 26.0 Å². The third kappa shape index (κ3) is 2.22. The molecule has 2 heterocycles. The van der Waals surface area contributed by atoms with Crippen LogP contribution in [0.15, 0.2) is 39.6 Å². The average molecular weight is 334 g/mol. The number of hydrogen-bond donors (Lipinski definition) is 2. The third-order valence-electron chi connectivity index (χ3n) is 3.11. The molecule has 0 radical (unpaired) electrons. The van der Waals surface area contributed by atoms with Gasteiger partial charge >= 0.3 is 0 Å². The number of aromatic hydroxyl groups is 1. The maximum atomic E-state index is 12.1. The molecule has 6 heteroatoms. The highest BCUT2D eigenvalue weighted by atomic mass is 79.9. The van der Waals surface area contributed by atoms with Gasteiger partial charge in [-0.15, -0.1) is 0 Å². The second-order valence-corrected chi connectivity index (χ2v) is 5.56. The van der Waals surface area contributed by atoms with Gasteiger partial charge in [0.05, 0.1) is 11.3 Å². The number of aryl methyl sites for hydroxylation is 1. The first-order chi connectivity index (χ1) is 9.54. The molecule has 0 amide bonds. The summed E-state index contributed by atoms with van der Waals surface area (Å²) in [5.41, 5.74) is 2.18. The van der Waals surface area contributed by atoms with Crippen molar-refractivity contribution in [1.29, 1.82) is 0 Å². The molecule has 0 spiro atoms. The van der Waals surface area contributed by atoms with Crippen molar-refractivity contribution in [3.05, 3.63) is 62.0 Å². The highest BCUT2D eigenvalue weighted by Crippen LogP contribution is 2.19. The van der Waals surface area contributed by atoms with Crippen molar-refractivity contribution in [2.45, 2.75) is 13.3 Å². The smallest absolute Gasteiger partial charge is 0.258 e. The van der Waals surface area contributed by atoms with Crippen LogP contribution in [0.4, 0.5) is 0 Å². The van der Waals surface area contributed by atoms with Gasteiger partial charge < -0.3 is 10.1 Å². The maximum absolute atomic E-state index is 12.1. The first-order valence-corrected chi connectivity index (χ1v) is 6.89. The molecule has 2 aromatic heterocycles. The van der Waals surface area contributed by atoms with Crippen LogP contribution in [0.5, 0.6) is 5.88 Å². The van der Waals surface area contributed by atoms with Gasteiger partial charge in [-0.3, -0.25) is 4.79 Å². The molecular weight excluding hydrogens is 322 g/mol. The molecule has 0 aliphatic heterocycles. The Labute approximate surface area is 123 Å². The van der Waals surface area contributed by atoms with Gasteiger partial charge in [-0.2, -0.15) is 9.61 Å². The average Bonchev–Trinajstić information content (AvgIpc) is 2.77.